The van der Waals surface area contributed by atoms with E-state index in [1.54, 1.807) is 4.98 Å². The van der Waals surface area contributed by atoms with Crippen molar-refractivity contribution in [1.29, 1.82) is 0 Å². The Bertz CT molecular complexity index is 540. The number of alkyl halides is 2. The molecule has 1 rings (SSSR count). The summed E-state index contributed by atoms with van der Waals surface area (Å²) in [6.07, 6.45) is -2.90. The van der Waals surface area contributed by atoms with Crippen LogP contribution in [0.2, 0.25) is 0 Å². The summed E-state index contributed by atoms with van der Waals surface area (Å²) in [4.78, 5) is 12.1. The molecule has 0 saturated carbocycles. The minimum absolute atomic E-state index is 0.288. The van der Waals surface area contributed by atoms with Gasteiger partial charge in [0.15, 0.2) is 4.90 Å². The number of nitrogens with one attached hydrogen (secondary N) is 1. The molecular weight excluding hydrogens is 298 g/mol. The third-order valence-electron chi connectivity index (χ3n) is 1.48. The molecule has 84 valence electrons. The van der Waals surface area contributed by atoms with Gasteiger partial charge in [-0.3, -0.25) is 4.79 Å². The smallest absolute Gasteiger partial charge is 0.278 e. The Labute approximate surface area is 91.5 Å². The molecule has 0 aliphatic heterocycles. The van der Waals surface area contributed by atoms with Gasteiger partial charge in [0, 0.05) is 4.47 Å². The Balaban J connectivity index is 3.56. The zero-order valence-corrected chi connectivity index (χ0v) is 9.40. The molecule has 0 unspecified atom stereocenters. The topological polar surface area (TPSA) is 93.0 Å². The number of nitrogens with two attached hydrogens (primary N) is 1. The third-order valence-corrected chi connectivity index (χ3v) is 3.35. The van der Waals surface area contributed by atoms with E-state index < -0.39 is 32.6 Å². The first kappa shape index (κ1) is 12.3. The monoisotopic (exact) mass is 302 g/mol. The lowest BCUT2D eigenvalue weighted by Gasteiger charge is -2.04. The van der Waals surface area contributed by atoms with Crippen LogP contribution >= 0.6 is 15.9 Å². The summed E-state index contributed by atoms with van der Waals surface area (Å²) >= 11 is 2.69. The molecule has 15 heavy (non-hydrogen) atoms. The first-order valence-electron chi connectivity index (χ1n) is 3.47. The molecule has 3 N–H and O–H groups in total. The largest absolute Gasteiger partial charge is 0.320 e. The number of rotatable bonds is 2. The molecule has 0 amide bonds. The summed E-state index contributed by atoms with van der Waals surface area (Å²) in [5.41, 5.74) is -1.86. The molecule has 0 spiro atoms. The average Bonchev–Trinajstić information content (AvgIpc) is 1.99. The lowest BCUT2D eigenvalue weighted by molar-refractivity contribution is 0.145. The first-order chi connectivity index (χ1) is 6.73. The van der Waals surface area contributed by atoms with E-state index in [2.05, 4.69) is 15.9 Å². The van der Waals surface area contributed by atoms with E-state index in [0.29, 0.717) is 0 Å². The fourth-order valence-corrected chi connectivity index (χ4v) is 2.66. The van der Waals surface area contributed by atoms with Crippen molar-refractivity contribution in [3.8, 4) is 0 Å². The van der Waals surface area contributed by atoms with Gasteiger partial charge in [-0.05, 0) is 22.0 Å². The van der Waals surface area contributed by atoms with Gasteiger partial charge < -0.3 is 4.98 Å². The highest BCUT2D eigenvalue weighted by Crippen LogP contribution is 2.22. The van der Waals surface area contributed by atoms with E-state index in [9.17, 15) is 22.0 Å². The number of hydrogen-bond acceptors (Lipinski definition) is 3. The fraction of sp³-hybridized carbons (Fsp3) is 0.167. The van der Waals surface area contributed by atoms with Crippen molar-refractivity contribution in [2.24, 2.45) is 5.14 Å². The number of aromatic amines is 1. The summed E-state index contributed by atoms with van der Waals surface area (Å²) in [7, 11) is -4.24. The second kappa shape index (κ2) is 3.99. The molecule has 1 aromatic rings. The lowest BCUT2D eigenvalue weighted by atomic mass is 10.3. The maximum atomic E-state index is 12.2. The van der Waals surface area contributed by atoms with Crippen LogP contribution in [0.1, 0.15) is 12.1 Å². The quantitative estimate of drug-likeness (QED) is 0.843. The van der Waals surface area contributed by atoms with E-state index >= 15 is 0 Å². The second-order valence-corrected chi connectivity index (χ2v) is 4.93. The van der Waals surface area contributed by atoms with Gasteiger partial charge in [-0.1, -0.05) is 0 Å². The summed E-state index contributed by atoms with van der Waals surface area (Å²) < 4.78 is 45.9. The van der Waals surface area contributed by atoms with Crippen LogP contribution in [-0.4, -0.2) is 13.4 Å². The van der Waals surface area contributed by atoms with Crippen LogP contribution in [-0.2, 0) is 10.0 Å². The van der Waals surface area contributed by atoms with Crippen molar-refractivity contribution < 1.29 is 17.2 Å². The Kier molecular flexibility index (Phi) is 3.26. The number of hydrogen-bond donors (Lipinski definition) is 2. The first-order valence-corrected chi connectivity index (χ1v) is 5.81. The van der Waals surface area contributed by atoms with Gasteiger partial charge in [0.25, 0.3) is 12.0 Å². The number of halogens is 3. The Hall–Kier alpha value is -0.800. The van der Waals surface area contributed by atoms with Crippen molar-refractivity contribution in [3.63, 3.8) is 0 Å². The highest BCUT2D eigenvalue weighted by Gasteiger charge is 2.20. The summed E-state index contributed by atoms with van der Waals surface area (Å²) in [5, 5.41) is 4.72. The van der Waals surface area contributed by atoms with Crippen LogP contribution in [0.4, 0.5) is 8.78 Å². The van der Waals surface area contributed by atoms with E-state index in [-0.39, 0.29) is 4.47 Å². The van der Waals surface area contributed by atoms with E-state index in [0.717, 1.165) is 6.07 Å². The SMILES string of the molecule is NS(=O)(=O)c1c(Br)cc(C(F)F)[nH]c1=O. The highest BCUT2D eigenvalue weighted by atomic mass is 79.9. The maximum absolute atomic E-state index is 12.2. The van der Waals surface area contributed by atoms with Gasteiger partial charge >= 0.3 is 0 Å². The molecule has 0 aliphatic rings. The van der Waals surface area contributed by atoms with Crippen LogP contribution in [0.15, 0.2) is 20.2 Å². The molecule has 1 heterocycles. The molecule has 0 aliphatic carbocycles. The minimum Gasteiger partial charge on any atom is -0.320 e. The molecule has 5 nitrogen and oxygen atoms in total. The fourth-order valence-electron chi connectivity index (χ4n) is 0.917. The van der Waals surface area contributed by atoms with Crippen molar-refractivity contribution in [2.75, 3.05) is 0 Å². The van der Waals surface area contributed by atoms with Gasteiger partial charge in [-0.25, -0.2) is 22.3 Å². The summed E-state index contributed by atoms with van der Waals surface area (Å²) in [6, 6.07) is 0.797. The zero-order chi connectivity index (χ0) is 11.8. The molecule has 9 heteroatoms. The Morgan fingerprint density at radius 3 is 2.33 bits per heavy atom. The Morgan fingerprint density at radius 1 is 1.47 bits per heavy atom. The van der Waals surface area contributed by atoms with Crippen molar-refractivity contribution >= 4 is 26.0 Å². The van der Waals surface area contributed by atoms with E-state index in [1.165, 1.54) is 0 Å². The molecule has 0 fully saturated rings. The van der Waals surface area contributed by atoms with Gasteiger partial charge in [0.05, 0.1) is 5.69 Å². The Morgan fingerprint density at radius 2 is 2.00 bits per heavy atom. The van der Waals surface area contributed by atoms with Crippen LogP contribution in [0.3, 0.4) is 0 Å². The predicted molar refractivity (Wildman–Crippen MR) is 51.1 cm³/mol. The van der Waals surface area contributed by atoms with Gasteiger partial charge in [-0.15, -0.1) is 0 Å². The van der Waals surface area contributed by atoms with Gasteiger partial charge in [0.2, 0.25) is 10.0 Å². The van der Waals surface area contributed by atoms with Crippen LogP contribution in [0.5, 0.6) is 0 Å². The zero-order valence-electron chi connectivity index (χ0n) is 7.00. The number of primary sulfonamides is 1. The van der Waals surface area contributed by atoms with Crippen molar-refractivity contribution in [3.05, 3.63) is 26.6 Å². The molecule has 0 aromatic carbocycles. The van der Waals surface area contributed by atoms with Gasteiger partial charge in [0.1, 0.15) is 0 Å². The van der Waals surface area contributed by atoms with E-state index in [4.69, 9.17) is 5.14 Å². The van der Waals surface area contributed by atoms with Crippen LogP contribution in [0, 0.1) is 0 Å². The van der Waals surface area contributed by atoms with Crippen LogP contribution in [0.25, 0.3) is 0 Å². The molecule has 0 radical (unpaired) electrons. The van der Waals surface area contributed by atoms with Crippen LogP contribution < -0.4 is 10.7 Å². The average molecular weight is 303 g/mol. The highest BCUT2D eigenvalue weighted by molar-refractivity contribution is 9.10. The number of sulfonamides is 1. The van der Waals surface area contributed by atoms with Crippen molar-refractivity contribution in [2.45, 2.75) is 11.3 Å². The standard InChI is InChI=1S/C6H5BrF2N2O3S/c7-2-1-3(5(8)9)11-6(12)4(2)15(10,13)14/h1,5H,(H,11,12)(H2,10,13,14). The summed E-state index contributed by atoms with van der Waals surface area (Å²) in [6.45, 7) is 0. The van der Waals surface area contributed by atoms with E-state index in [1.807, 2.05) is 0 Å². The molecular formula is C6H5BrF2N2O3S. The molecule has 0 bridgehead atoms. The predicted octanol–water partition coefficient (Wildman–Crippen LogP) is 0.722. The normalized spacial score (nSPS) is 12.1. The summed E-state index contributed by atoms with van der Waals surface area (Å²) in [5.74, 6) is 0. The molecule has 1 aromatic heterocycles. The lowest BCUT2D eigenvalue weighted by Crippen LogP contribution is -2.24. The molecule has 0 atom stereocenters. The maximum Gasteiger partial charge on any atom is 0.278 e. The number of pyridine rings is 1. The second-order valence-electron chi connectivity index (χ2n) is 2.58. The minimum atomic E-state index is -4.24. The number of aromatic nitrogens is 1. The molecule has 0 saturated heterocycles. The van der Waals surface area contributed by atoms with Gasteiger partial charge in [-0.2, -0.15) is 0 Å². The third kappa shape index (κ3) is 2.61. The number of H-pyrrole nitrogens is 1. The van der Waals surface area contributed by atoms with Crippen molar-refractivity contribution in [1.82, 2.24) is 4.98 Å².